The molecule has 1 atom stereocenters. The number of methoxy groups -OCH3 is 2. The van der Waals surface area contributed by atoms with Gasteiger partial charge < -0.3 is 14.4 Å². The molecule has 11 heteroatoms. The van der Waals surface area contributed by atoms with Crippen LogP contribution in [-0.4, -0.2) is 46.5 Å². The van der Waals surface area contributed by atoms with Gasteiger partial charge in [0.25, 0.3) is 15.9 Å². The molecule has 0 radical (unpaired) electrons. The molecular weight excluding hydrogens is 499 g/mol. The van der Waals surface area contributed by atoms with Crippen LogP contribution in [0.3, 0.4) is 0 Å². The third-order valence-corrected chi connectivity index (χ3v) is 7.64. The van der Waals surface area contributed by atoms with Crippen LogP contribution in [0, 0.1) is 5.92 Å². The number of hydrogen-bond acceptors (Lipinski definition) is 5. The standard InChI is InChI=1S/C21H23Cl3N2O5S/c1-12-5-4-6-26(11-12)21(27)13-7-20(16(24)8-14(13)22)32(28,29)25-17-9-15(23)18(30-2)10-19(17)31-3/h7-10,12,25H,4-6,11H2,1-3H3/t12-/m1/s1. The Balaban J connectivity index is 1.99. The number of ether oxygens (including phenoxy) is 2. The molecule has 2 aromatic carbocycles. The summed E-state index contributed by atoms with van der Waals surface area (Å²) in [6.07, 6.45) is 1.91. The minimum absolute atomic E-state index is 0.0743. The van der Waals surface area contributed by atoms with Gasteiger partial charge in [-0.05, 0) is 37.0 Å². The van der Waals surface area contributed by atoms with Crippen molar-refractivity contribution in [1.82, 2.24) is 4.90 Å². The molecule has 1 amide bonds. The molecule has 1 heterocycles. The van der Waals surface area contributed by atoms with Crippen LogP contribution in [0.4, 0.5) is 5.69 Å². The van der Waals surface area contributed by atoms with E-state index in [1.165, 1.54) is 38.5 Å². The second kappa shape index (κ2) is 9.95. The van der Waals surface area contributed by atoms with Crippen molar-refractivity contribution in [3.63, 3.8) is 0 Å². The molecule has 1 saturated heterocycles. The highest BCUT2D eigenvalue weighted by Gasteiger charge is 2.28. The number of rotatable bonds is 6. The van der Waals surface area contributed by atoms with Crippen LogP contribution >= 0.6 is 34.8 Å². The number of benzene rings is 2. The molecule has 1 N–H and O–H groups in total. The Morgan fingerprint density at radius 3 is 2.34 bits per heavy atom. The van der Waals surface area contributed by atoms with Gasteiger partial charge in [0.05, 0.1) is 40.5 Å². The SMILES string of the molecule is COc1cc(OC)c(NS(=O)(=O)c2cc(C(=O)N3CCC[C@@H](C)C3)c(Cl)cc2Cl)cc1Cl. The minimum atomic E-state index is -4.22. The van der Waals surface area contributed by atoms with E-state index in [9.17, 15) is 13.2 Å². The molecule has 174 valence electrons. The largest absolute Gasteiger partial charge is 0.495 e. The van der Waals surface area contributed by atoms with Crippen molar-refractivity contribution in [3.8, 4) is 11.5 Å². The zero-order valence-electron chi connectivity index (χ0n) is 17.7. The average Bonchev–Trinajstić information content (AvgIpc) is 2.73. The molecule has 1 aliphatic rings. The predicted octanol–water partition coefficient (Wildman–Crippen LogP) is 5.34. The first-order valence-electron chi connectivity index (χ1n) is 9.80. The molecule has 0 saturated carbocycles. The number of anilines is 1. The average molecular weight is 522 g/mol. The lowest BCUT2D eigenvalue weighted by Gasteiger charge is -2.31. The fourth-order valence-electron chi connectivity index (χ4n) is 3.58. The number of piperidine rings is 1. The summed E-state index contributed by atoms with van der Waals surface area (Å²) in [5, 5.41) is 0.148. The first-order valence-corrected chi connectivity index (χ1v) is 12.4. The maximum Gasteiger partial charge on any atom is 0.263 e. The summed E-state index contributed by atoms with van der Waals surface area (Å²) in [6.45, 7) is 3.24. The van der Waals surface area contributed by atoms with E-state index in [0.29, 0.717) is 24.8 Å². The van der Waals surface area contributed by atoms with Crippen LogP contribution in [0.5, 0.6) is 11.5 Å². The molecule has 32 heavy (non-hydrogen) atoms. The Morgan fingerprint density at radius 2 is 1.72 bits per heavy atom. The maximum atomic E-state index is 13.2. The van der Waals surface area contributed by atoms with Gasteiger partial charge in [-0.15, -0.1) is 0 Å². The van der Waals surface area contributed by atoms with Crippen molar-refractivity contribution in [3.05, 3.63) is 44.9 Å². The zero-order chi connectivity index (χ0) is 23.6. The lowest BCUT2D eigenvalue weighted by Crippen LogP contribution is -2.39. The zero-order valence-corrected chi connectivity index (χ0v) is 20.8. The lowest BCUT2D eigenvalue weighted by molar-refractivity contribution is 0.0683. The van der Waals surface area contributed by atoms with Crippen molar-refractivity contribution in [2.45, 2.75) is 24.7 Å². The number of halogens is 3. The van der Waals surface area contributed by atoms with E-state index in [4.69, 9.17) is 44.3 Å². The molecule has 0 unspecified atom stereocenters. The van der Waals surface area contributed by atoms with Crippen molar-refractivity contribution >= 4 is 56.4 Å². The first-order chi connectivity index (χ1) is 15.1. The van der Waals surface area contributed by atoms with Gasteiger partial charge in [-0.25, -0.2) is 8.42 Å². The summed E-state index contributed by atoms with van der Waals surface area (Å²) >= 11 is 18.6. The summed E-state index contributed by atoms with van der Waals surface area (Å²) in [4.78, 5) is 14.5. The number of carbonyl (C=O) groups excluding carboxylic acids is 1. The van der Waals surface area contributed by atoms with E-state index in [1.807, 2.05) is 0 Å². The van der Waals surface area contributed by atoms with Gasteiger partial charge in [0.1, 0.15) is 16.4 Å². The number of nitrogens with one attached hydrogen (secondary N) is 1. The maximum absolute atomic E-state index is 13.2. The molecule has 0 bridgehead atoms. The Hall–Kier alpha value is -1.87. The van der Waals surface area contributed by atoms with Crippen LogP contribution < -0.4 is 14.2 Å². The topological polar surface area (TPSA) is 84.9 Å². The van der Waals surface area contributed by atoms with Crippen molar-refractivity contribution in [1.29, 1.82) is 0 Å². The Bertz CT molecular complexity index is 1140. The van der Waals surface area contributed by atoms with E-state index in [2.05, 4.69) is 11.6 Å². The number of hydrogen-bond donors (Lipinski definition) is 1. The first kappa shape index (κ1) is 24.8. The summed E-state index contributed by atoms with van der Waals surface area (Å²) < 4.78 is 39.1. The van der Waals surface area contributed by atoms with Gasteiger partial charge in [0.2, 0.25) is 0 Å². The third kappa shape index (κ3) is 5.20. The highest BCUT2D eigenvalue weighted by atomic mass is 35.5. The van der Waals surface area contributed by atoms with E-state index in [0.717, 1.165) is 12.8 Å². The van der Waals surface area contributed by atoms with Crippen LogP contribution in [0.1, 0.15) is 30.1 Å². The van der Waals surface area contributed by atoms with Gasteiger partial charge in [-0.3, -0.25) is 9.52 Å². The highest BCUT2D eigenvalue weighted by Crippen LogP contribution is 2.38. The van der Waals surface area contributed by atoms with Gasteiger partial charge in [-0.1, -0.05) is 41.7 Å². The number of carbonyl (C=O) groups is 1. The van der Waals surface area contributed by atoms with Gasteiger partial charge in [-0.2, -0.15) is 0 Å². The monoisotopic (exact) mass is 520 g/mol. The van der Waals surface area contributed by atoms with E-state index in [-0.39, 0.29) is 42.9 Å². The van der Waals surface area contributed by atoms with Crippen molar-refractivity contribution < 1.29 is 22.7 Å². The van der Waals surface area contributed by atoms with E-state index >= 15 is 0 Å². The fourth-order valence-corrected chi connectivity index (χ4v) is 5.74. The quantitative estimate of drug-likeness (QED) is 0.555. The number of amides is 1. The fraction of sp³-hybridized carbons (Fsp3) is 0.381. The summed E-state index contributed by atoms with van der Waals surface area (Å²) in [6, 6.07) is 5.28. The summed E-state index contributed by atoms with van der Waals surface area (Å²) in [5.41, 5.74) is 0.160. The molecule has 2 aromatic rings. The van der Waals surface area contributed by atoms with Crippen molar-refractivity contribution in [2.75, 3.05) is 32.0 Å². The van der Waals surface area contributed by atoms with Crippen LogP contribution in [0.25, 0.3) is 0 Å². The Kier molecular flexibility index (Phi) is 7.70. The highest BCUT2D eigenvalue weighted by molar-refractivity contribution is 7.92. The minimum Gasteiger partial charge on any atom is -0.495 e. The number of nitrogens with zero attached hydrogens (tertiary/aromatic N) is 1. The van der Waals surface area contributed by atoms with Gasteiger partial charge in [0, 0.05) is 19.2 Å². The van der Waals surface area contributed by atoms with Crippen LogP contribution in [0.15, 0.2) is 29.2 Å². The van der Waals surface area contributed by atoms with Gasteiger partial charge in [0.15, 0.2) is 0 Å². The van der Waals surface area contributed by atoms with Crippen molar-refractivity contribution in [2.24, 2.45) is 5.92 Å². The Labute approximate surface area is 202 Å². The molecule has 3 rings (SSSR count). The van der Waals surface area contributed by atoms with Gasteiger partial charge >= 0.3 is 0 Å². The normalized spacial score (nSPS) is 16.6. The molecule has 1 fully saturated rings. The number of sulfonamides is 1. The van der Waals surface area contributed by atoms with Crippen LogP contribution in [0.2, 0.25) is 15.1 Å². The smallest absolute Gasteiger partial charge is 0.263 e. The number of likely N-dealkylation sites (tertiary alicyclic amines) is 1. The summed E-state index contributed by atoms with van der Waals surface area (Å²) in [5.74, 6) is 0.536. The molecule has 0 aromatic heterocycles. The summed E-state index contributed by atoms with van der Waals surface area (Å²) in [7, 11) is -1.41. The van der Waals surface area contributed by atoms with E-state index < -0.39 is 10.0 Å². The molecular formula is C21H23Cl3N2O5S. The third-order valence-electron chi connectivity index (χ3n) is 5.20. The second-order valence-electron chi connectivity index (χ2n) is 7.55. The molecule has 1 aliphatic heterocycles. The van der Waals surface area contributed by atoms with Crippen LogP contribution in [-0.2, 0) is 10.0 Å². The second-order valence-corrected chi connectivity index (χ2v) is 10.4. The van der Waals surface area contributed by atoms with E-state index in [1.54, 1.807) is 4.90 Å². The predicted molar refractivity (Wildman–Crippen MR) is 126 cm³/mol. The molecule has 7 nitrogen and oxygen atoms in total. The molecule has 0 spiro atoms. The molecule has 0 aliphatic carbocycles. The lowest BCUT2D eigenvalue weighted by atomic mass is 9.99. The Morgan fingerprint density at radius 1 is 1.03 bits per heavy atom.